The fourth-order valence-electron chi connectivity index (χ4n) is 2.12. The van der Waals surface area contributed by atoms with E-state index < -0.39 is 0 Å². The Kier molecular flexibility index (Phi) is 4.51. The first-order valence-electron chi connectivity index (χ1n) is 6.38. The molecule has 1 aromatic carbocycles. The Bertz CT molecular complexity index is 417. The summed E-state index contributed by atoms with van der Waals surface area (Å²) in [6.45, 7) is 0. The van der Waals surface area contributed by atoms with Crippen LogP contribution in [-0.4, -0.2) is 12.1 Å². The molecule has 0 amide bonds. The Morgan fingerprint density at radius 2 is 1.83 bits per heavy atom. The van der Waals surface area contributed by atoms with Crippen molar-refractivity contribution < 1.29 is 13.9 Å². The molecular weight excluding hydrogens is 231 g/mol. The maximum Gasteiger partial charge on any atom is 0.331 e. The molecule has 1 aliphatic carbocycles. The molecule has 2 rings (SSSR count). The topological polar surface area (TPSA) is 26.3 Å². The van der Waals surface area contributed by atoms with Crippen LogP contribution in [0.15, 0.2) is 30.3 Å². The molecule has 1 aliphatic rings. The zero-order chi connectivity index (χ0) is 12.8. The average molecular weight is 248 g/mol. The number of esters is 1. The van der Waals surface area contributed by atoms with Crippen molar-refractivity contribution >= 4 is 12.0 Å². The number of halogens is 1. The number of ether oxygens (including phenoxy) is 1. The largest absolute Gasteiger partial charge is 0.459 e. The van der Waals surface area contributed by atoms with Crippen LogP contribution in [-0.2, 0) is 9.53 Å². The number of hydrogen-bond acceptors (Lipinski definition) is 2. The zero-order valence-electron chi connectivity index (χ0n) is 10.3. The Balaban J connectivity index is 1.84. The summed E-state index contributed by atoms with van der Waals surface area (Å²) >= 11 is 0. The van der Waals surface area contributed by atoms with E-state index in [2.05, 4.69) is 0 Å². The lowest BCUT2D eigenvalue weighted by Gasteiger charge is -2.20. The van der Waals surface area contributed by atoms with E-state index in [-0.39, 0.29) is 17.9 Å². The van der Waals surface area contributed by atoms with Crippen molar-refractivity contribution in [2.45, 2.75) is 38.2 Å². The standard InChI is InChI=1S/C15H17FO2/c16-13-9-6-12(7-10-13)8-11-15(17)18-14-4-2-1-3-5-14/h6-11,14H,1-5H2. The quantitative estimate of drug-likeness (QED) is 0.602. The summed E-state index contributed by atoms with van der Waals surface area (Å²) in [5.41, 5.74) is 0.789. The molecule has 0 atom stereocenters. The second-order valence-electron chi connectivity index (χ2n) is 4.58. The molecule has 0 N–H and O–H groups in total. The minimum Gasteiger partial charge on any atom is -0.459 e. The van der Waals surface area contributed by atoms with Gasteiger partial charge in [0.25, 0.3) is 0 Å². The Labute approximate surface area is 106 Å². The first-order chi connectivity index (χ1) is 8.74. The van der Waals surface area contributed by atoms with E-state index in [4.69, 9.17) is 4.74 Å². The molecule has 0 radical (unpaired) electrons. The van der Waals surface area contributed by atoms with Crippen LogP contribution in [0.4, 0.5) is 4.39 Å². The van der Waals surface area contributed by atoms with Gasteiger partial charge in [0.05, 0.1) is 0 Å². The van der Waals surface area contributed by atoms with Gasteiger partial charge in [-0.2, -0.15) is 0 Å². The minimum atomic E-state index is -0.314. The maximum atomic E-state index is 12.7. The van der Waals surface area contributed by atoms with Crippen molar-refractivity contribution in [2.24, 2.45) is 0 Å². The Morgan fingerprint density at radius 3 is 2.50 bits per heavy atom. The van der Waals surface area contributed by atoms with Crippen molar-refractivity contribution in [2.75, 3.05) is 0 Å². The molecule has 1 aromatic rings. The summed E-state index contributed by atoms with van der Waals surface area (Å²) in [6, 6.07) is 5.98. The number of benzene rings is 1. The lowest BCUT2D eigenvalue weighted by Crippen LogP contribution is -2.19. The molecule has 0 bridgehead atoms. The molecule has 3 heteroatoms. The van der Waals surface area contributed by atoms with E-state index in [1.807, 2.05) is 0 Å². The zero-order valence-corrected chi connectivity index (χ0v) is 10.3. The van der Waals surface area contributed by atoms with Gasteiger partial charge in [0.15, 0.2) is 0 Å². The van der Waals surface area contributed by atoms with E-state index in [9.17, 15) is 9.18 Å². The summed E-state index contributed by atoms with van der Waals surface area (Å²) in [5.74, 6) is -0.594. The lowest BCUT2D eigenvalue weighted by atomic mass is 9.98. The van der Waals surface area contributed by atoms with Gasteiger partial charge in [-0.05, 0) is 49.5 Å². The van der Waals surface area contributed by atoms with Gasteiger partial charge in [-0.15, -0.1) is 0 Å². The number of hydrogen-bond donors (Lipinski definition) is 0. The number of carbonyl (C=O) groups excluding carboxylic acids is 1. The molecular formula is C15H17FO2. The van der Waals surface area contributed by atoms with Gasteiger partial charge in [0.2, 0.25) is 0 Å². The summed E-state index contributed by atoms with van der Waals surface area (Å²) < 4.78 is 18.0. The second kappa shape index (κ2) is 6.34. The van der Waals surface area contributed by atoms with Crippen LogP contribution in [0.2, 0.25) is 0 Å². The monoisotopic (exact) mass is 248 g/mol. The van der Waals surface area contributed by atoms with Crippen LogP contribution in [0.3, 0.4) is 0 Å². The van der Waals surface area contributed by atoms with Gasteiger partial charge in [0, 0.05) is 6.08 Å². The Morgan fingerprint density at radius 1 is 1.17 bits per heavy atom. The van der Waals surface area contributed by atoms with Gasteiger partial charge < -0.3 is 4.74 Å². The van der Waals surface area contributed by atoms with Crippen LogP contribution < -0.4 is 0 Å². The van der Waals surface area contributed by atoms with Gasteiger partial charge in [-0.25, -0.2) is 9.18 Å². The van der Waals surface area contributed by atoms with Crippen LogP contribution >= 0.6 is 0 Å². The molecule has 1 fully saturated rings. The average Bonchev–Trinajstić information content (AvgIpc) is 2.39. The molecule has 0 unspecified atom stereocenters. The second-order valence-corrected chi connectivity index (χ2v) is 4.58. The van der Waals surface area contributed by atoms with Crippen molar-refractivity contribution in [3.05, 3.63) is 41.7 Å². The molecule has 18 heavy (non-hydrogen) atoms. The first-order valence-corrected chi connectivity index (χ1v) is 6.38. The predicted octanol–water partition coefficient (Wildman–Crippen LogP) is 3.71. The van der Waals surface area contributed by atoms with Gasteiger partial charge >= 0.3 is 5.97 Å². The fraction of sp³-hybridized carbons (Fsp3) is 0.400. The van der Waals surface area contributed by atoms with Crippen molar-refractivity contribution in [1.29, 1.82) is 0 Å². The van der Waals surface area contributed by atoms with Crippen LogP contribution in [0.25, 0.3) is 6.08 Å². The third kappa shape index (κ3) is 3.99. The fourth-order valence-corrected chi connectivity index (χ4v) is 2.12. The van der Waals surface area contributed by atoms with Crippen LogP contribution in [0, 0.1) is 5.82 Å². The Hall–Kier alpha value is -1.64. The summed E-state index contributed by atoms with van der Waals surface area (Å²) in [6.07, 6.45) is 8.57. The number of rotatable bonds is 3. The highest BCUT2D eigenvalue weighted by atomic mass is 19.1. The predicted molar refractivity (Wildman–Crippen MR) is 68.4 cm³/mol. The normalized spacial score (nSPS) is 16.9. The number of carbonyl (C=O) groups is 1. The van der Waals surface area contributed by atoms with Gasteiger partial charge in [-0.1, -0.05) is 18.6 Å². The molecule has 0 aromatic heterocycles. The molecule has 1 saturated carbocycles. The van der Waals surface area contributed by atoms with Gasteiger partial charge in [0.1, 0.15) is 11.9 Å². The minimum absolute atomic E-state index is 0.0733. The molecule has 0 saturated heterocycles. The van der Waals surface area contributed by atoms with E-state index in [1.54, 1.807) is 18.2 Å². The maximum absolute atomic E-state index is 12.7. The molecule has 0 heterocycles. The third-order valence-corrected chi connectivity index (χ3v) is 3.12. The van der Waals surface area contributed by atoms with Crippen LogP contribution in [0.1, 0.15) is 37.7 Å². The summed E-state index contributed by atoms with van der Waals surface area (Å²) in [4.78, 5) is 11.6. The highest BCUT2D eigenvalue weighted by Crippen LogP contribution is 2.20. The first kappa shape index (κ1) is 12.8. The third-order valence-electron chi connectivity index (χ3n) is 3.12. The van der Waals surface area contributed by atoms with Crippen molar-refractivity contribution in [3.63, 3.8) is 0 Å². The van der Waals surface area contributed by atoms with Crippen molar-refractivity contribution in [3.8, 4) is 0 Å². The van der Waals surface area contributed by atoms with E-state index in [0.29, 0.717) is 0 Å². The summed E-state index contributed by atoms with van der Waals surface area (Å²) in [5, 5.41) is 0. The highest BCUT2D eigenvalue weighted by molar-refractivity contribution is 5.87. The molecule has 96 valence electrons. The lowest BCUT2D eigenvalue weighted by molar-refractivity contribution is -0.144. The van der Waals surface area contributed by atoms with E-state index in [1.165, 1.54) is 24.6 Å². The van der Waals surface area contributed by atoms with Gasteiger partial charge in [-0.3, -0.25) is 0 Å². The summed E-state index contributed by atoms with van der Waals surface area (Å²) in [7, 11) is 0. The van der Waals surface area contributed by atoms with E-state index >= 15 is 0 Å². The SMILES string of the molecule is O=C(C=Cc1ccc(F)cc1)OC1CCCCC1. The molecule has 0 spiro atoms. The highest BCUT2D eigenvalue weighted by Gasteiger charge is 2.16. The smallest absolute Gasteiger partial charge is 0.331 e. The van der Waals surface area contributed by atoms with E-state index in [0.717, 1.165) is 31.2 Å². The molecule has 2 nitrogen and oxygen atoms in total. The van der Waals surface area contributed by atoms with Crippen molar-refractivity contribution in [1.82, 2.24) is 0 Å². The van der Waals surface area contributed by atoms with Crippen LogP contribution in [0.5, 0.6) is 0 Å². The molecule has 0 aliphatic heterocycles.